The van der Waals surface area contributed by atoms with E-state index in [0.717, 1.165) is 6.07 Å². The fourth-order valence-electron chi connectivity index (χ4n) is 1.88. The highest BCUT2D eigenvalue weighted by Crippen LogP contribution is 2.20. The fraction of sp³-hybridized carbons (Fsp3) is 0.357. The van der Waals surface area contributed by atoms with Gasteiger partial charge in [0.2, 0.25) is 0 Å². The van der Waals surface area contributed by atoms with E-state index in [-0.39, 0.29) is 18.5 Å². The number of carboxylic acids is 1. The molecule has 21 heavy (non-hydrogen) atoms. The Kier molecular flexibility index (Phi) is 3.93. The number of hydrogen-bond donors (Lipinski definition) is 3. The predicted molar refractivity (Wildman–Crippen MR) is 74.4 cm³/mol. The first kappa shape index (κ1) is 15.0. The number of benzene rings is 1. The minimum Gasteiger partial charge on any atom is -0.481 e. The molecule has 0 fully saturated rings. The van der Waals surface area contributed by atoms with E-state index in [9.17, 15) is 14.0 Å². The maximum absolute atomic E-state index is 13.4. The zero-order valence-electron chi connectivity index (χ0n) is 11.7. The third kappa shape index (κ3) is 3.18. The van der Waals surface area contributed by atoms with Crippen LogP contribution in [0.1, 0.15) is 30.6 Å². The number of carbonyl (C=O) groups is 2. The van der Waals surface area contributed by atoms with Gasteiger partial charge in [0.05, 0.1) is 22.8 Å². The molecular formula is C14H16FN3O3. The van der Waals surface area contributed by atoms with Crippen molar-refractivity contribution in [1.29, 1.82) is 0 Å². The minimum atomic E-state index is -0.934. The molecule has 0 saturated carbocycles. The van der Waals surface area contributed by atoms with Crippen molar-refractivity contribution >= 4 is 22.9 Å². The van der Waals surface area contributed by atoms with Gasteiger partial charge in [0, 0.05) is 6.54 Å². The van der Waals surface area contributed by atoms with E-state index in [1.165, 1.54) is 12.4 Å². The number of hydrogen-bond acceptors (Lipinski definition) is 3. The first-order valence-corrected chi connectivity index (χ1v) is 6.45. The number of aliphatic carboxylic acids is 1. The van der Waals surface area contributed by atoms with Gasteiger partial charge in [-0.15, -0.1) is 0 Å². The number of aromatic amines is 1. The second-order valence-corrected chi connectivity index (χ2v) is 5.45. The lowest BCUT2D eigenvalue weighted by Gasteiger charge is -2.18. The van der Waals surface area contributed by atoms with Crippen molar-refractivity contribution in [2.75, 3.05) is 6.54 Å². The molecular weight excluding hydrogens is 277 g/mol. The average Bonchev–Trinajstić information content (AvgIpc) is 2.85. The van der Waals surface area contributed by atoms with E-state index in [1.807, 2.05) is 0 Å². The van der Waals surface area contributed by atoms with Crippen molar-refractivity contribution in [2.45, 2.75) is 20.3 Å². The molecule has 0 atom stereocenters. The summed E-state index contributed by atoms with van der Waals surface area (Å²) in [6.45, 7) is 3.34. The molecule has 0 aliphatic rings. The molecule has 1 amide bonds. The molecule has 0 saturated heterocycles. The quantitative estimate of drug-likeness (QED) is 0.785. The van der Waals surface area contributed by atoms with Crippen LogP contribution in [0.3, 0.4) is 0 Å². The Labute approximate surface area is 120 Å². The van der Waals surface area contributed by atoms with E-state index in [0.29, 0.717) is 11.0 Å². The minimum absolute atomic E-state index is 0.124. The molecule has 3 N–H and O–H groups in total. The molecule has 0 aliphatic carbocycles. The predicted octanol–water partition coefficient (Wildman–Crippen LogP) is 1.93. The lowest BCUT2D eigenvalue weighted by Crippen LogP contribution is -2.32. The molecule has 1 heterocycles. The first-order valence-electron chi connectivity index (χ1n) is 6.45. The highest BCUT2D eigenvalue weighted by Gasteiger charge is 2.26. The summed E-state index contributed by atoms with van der Waals surface area (Å²) in [6, 6.07) is 2.37. The molecule has 0 unspecified atom stereocenters. The SMILES string of the molecule is CC(C)(CCNC(=O)c1cc(F)cc2[nH]cnc12)C(=O)O. The van der Waals surface area contributed by atoms with Crippen molar-refractivity contribution in [3.63, 3.8) is 0 Å². The van der Waals surface area contributed by atoms with Crippen LogP contribution in [-0.2, 0) is 4.79 Å². The van der Waals surface area contributed by atoms with Crippen LogP contribution in [0.25, 0.3) is 11.0 Å². The van der Waals surface area contributed by atoms with Gasteiger partial charge in [0.1, 0.15) is 11.3 Å². The van der Waals surface area contributed by atoms with Crippen molar-refractivity contribution in [3.8, 4) is 0 Å². The van der Waals surface area contributed by atoms with Crippen LogP contribution in [-0.4, -0.2) is 33.5 Å². The van der Waals surface area contributed by atoms with E-state index in [2.05, 4.69) is 15.3 Å². The summed E-state index contributed by atoms with van der Waals surface area (Å²) in [5, 5.41) is 11.6. The zero-order valence-corrected chi connectivity index (χ0v) is 11.7. The molecule has 2 rings (SSSR count). The largest absolute Gasteiger partial charge is 0.481 e. The number of fused-ring (bicyclic) bond motifs is 1. The highest BCUT2D eigenvalue weighted by molar-refractivity contribution is 6.04. The molecule has 1 aromatic carbocycles. The number of imidazole rings is 1. The van der Waals surface area contributed by atoms with E-state index < -0.39 is 23.1 Å². The van der Waals surface area contributed by atoms with Gasteiger partial charge in [-0.2, -0.15) is 0 Å². The molecule has 6 nitrogen and oxygen atoms in total. The average molecular weight is 293 g/mol. The molecule has 7 heteroatoms. The van der Waals surface area contributed by atoms with Crippen molar-refractivity contribution in [2.24, 2.45) is 5.41 Å². The van der Waals surface area contributed by atoms with Crippen molar-refractivity contribution in [3.05, 3.63) is 29.8 Å². The first-order chi connectivity index (χ1) is 9.81. The molecule has 0 aliphatic heterocycles. The van der Waals surface area contributed by atoms with Crippen LogP contribution in [0.5, 0.6) is 0 Å². The third-order valence-electron chi connectivity index (χ3n) is 3.35. The fourth-order valence-corrected chi connectivity index (χ4v) is 1.88. The van der Waals surface area contributed by atoms with Crippen LogP contribution in [0.4, 0.5) is 4.39 Å². The summed E-state index contributed by atoms with van der Waals surface area (Å²) in [5.74, 6) is -1.95. The summed E-state index contributed by atoms with van der Waals surface area (Å²) < 4.78 is 13.4. The Balaban J connectivity index is 2.09. The molecule has 0 radical (unpaired) electrons. The number of carbonyl (C=O) groups excluding carboxylic acids is 1. The van der Waals surface area contributed by atoms with Gasteiger partial charge in [0.15, 0.2) is 0 Å². The smallest absolute Gasteiger partial charge is 0.309 e. The van der Waals surface area contributed by atoms with E-state index in [4.69, 9.17) is 5.11 Å². The Bertz CT molecular complexity index is 694. The maximum atomic E-state index is 13.4. The summed E-state index contributed by atoms with van der Waals surface area (Å²) in [5.41, 5.74) is 0.00782. The standard InChI is InChI=1S/C14H16FN3O3/c1-14(2,13(20)21)3-4-16-12(19)9-5-8(15)6-10-11(9)18-7-17-10/h5-7H,3-4H2,1-2H3,(H,16,19)(H,17,18)(H,20,21). The molecule has 0 spiro atoms. The molecule has 0 bridgehead atoms. The Hall–Kier alpha value is -2.44. The number of nitrogens with zero attached hydrogens (tertiary/aromatic N) is 1. The molecule has 2 aromatic rings. The Morgan fingerprint density at radius 2 is 2.14 bits per heavy atom. The summed E-state index contributed by atoms with van der Waals surface area (Å²) in [6.07, 6.45) is 1.65. The second-order valence-electron chi connectivity index (χ2n) is 5.45. The summed E-state index contributed by atoms with van der Waals surface area (Å²) in [4.78, 5) is 29.8. The van der Waals surface area contributed by atoms with E-state index >= 15 is 0 Å². The molecule has 1 aromatic heterocycles. The summed E-state index contributed by atoms with van der Waals surface area (Å²) >= 11 is 0. The van der Waals surface area contributed by atoms with Gasteiger partial charge in [-0.25, -0.2) is 9.37 Å². The summed E-state index contributed by atoms with van der Waals surface area (Å²) in [7, 11) is 0. The maximum Gasteiger partial charge on any atom is 0.309 e. The van der Waals surface area contributed by atoms with Crippen LogP contribution in [0.2, 0.25) is 0 Å². The van der Waals surface area contributed by atoms with Gasteiger partial charge in [-0.05, 0) is 32.4 Å². The number of nitrogens with one attached hydrogen (secondary N) is 2. The lowest BCUT2D eigenvalue weighted by molar-refractivity contribution is -0.147. The van der Waals surface area contributed by atoms with Gasteiger partial charge in [-0.3, -0.25) is 9.59 Å². The number of H-pyrrole nitrogens is 1. The topological polar surface area (TPSA) is 95.1 Å². The van der Waals surface area contributed by atoms with Crippen LogP contribution in [0.15, 0.2) is 18.5 Å². The normalized spacial score (nSPS) is 11.6. The third-order valence-corrected chi connectivity index (χ3v) is 3.35. The van der Waals surface area contributed by atoms with Crippen LogP contribution >= 0.6 is 0 Å². The zero-order chi connectivity index (χ0) is 15.6. The second kappa shape index (κ2) is 5.51. The number of carboxylic acid groups (broad SMARTS) is 1. The number of rotatable bonds is 5. The van der Waals surface area contributed by atoms with Gasteiger partial charge in [0.25, 0.3) is 5.91 Å². The molecule has 112 valence electrons. The van der Waals surface area contributed by atoms with Crippen LogP contribution < -0.4 is 5.32 Å². The highest BCUT2D eigenvalue weighted by atomic mass is 19.1. The number of aromatic nitrogens is 2. The van der Waals surface area contributed by atoms with E-state index in [1.54, 1.807) is 13.8 Å². The monoisotopic (exact) mass is 293 g/mol. The van der Waals surface area contributed by atoms with Crippen LogP contribution in [0, 0.1) is 11.2 Å². The van der Waals surface area contributed by atoms with Gasteiger partial charge < -0.3 is 15.4 Å². The van der Waals surface area contributed by atoms with Crippen molar-refractivity contribution < 1.29 is 19.1 Å². The Morgan fingerprint density at radius 3 is 2.81 bits per heavy atom. The number of amides is 1. The number of halogens is 1. The Morgan fingerprint density at radius 1 is 1.43 bits per heavy atom. The lowest BCUT2D eigenvalue weighted by atomic mass is 9.90. The van der Waals surface area contributed by atoms with Crippen molar-refractivity contribution in [1.82, 2.24) is 15.3 Å². The van der Waals surface area contributed by atoms with Gasteiger partial charge >= 0.3 is 5.97 Å². The van der Waals surface area contributed by atoms with Gasteiger partial charge in [-0.1, -0.05) is 0 Å².